The lowest BCUT2D eigenvalue weighted by Gasteiger charge is -2.27. The maximum absolute atomic E-state index is 13.2. The number of hydrogen-bond acceptors (Lipinski definition) is 5. The average Bonchev–Trinajstić information content (AvgIpc) is 3.31. The Bertz CT molecular complexity index is 924. The number of nitrogens with one attached hydrogen (secondary N) is 2. The van der Waals surface area contributed by atoms with E-state index in [1.165, 1.54) is 22.5 Å². The van der Waals surface area contributed by atoms with E-state index < -0.39 is 5.54 Å². The minimum absolute atomic E-state index is 0.152. The Balaban J connectivity index is 1.50. The summed E-state index contributed by atoms with van der Waals surface area (Å²) >= 11 is 7.12. The molecule has 154 valence electrons. The minimum Gasteiger partial charge on any atom is -0.378 e. The fourth-order valence-corrected chi connectivity index (χ4v) is 4.72. The van der Waals surface area contributed by atoms with Crippen LogP contribution in [0.3, 0.4) is 0 Å². The molecule has 6 nitrogen and oxygen atoms in total. The molecule has 29 heavy (non-hydrogen) atoms. The predicted molar refractivity (Wildman–Crippen MR) is 115 cm³/mol. The SMILES string of the molecule is CN1CCc2ccc(NC(=O)C3(NC(=O)c4ccc(Cl)s4)CCOC3)cc2CC1. The van der Waals surface area contributed by atoms with Crippen molar-refractivity contribution in [1.29, 1.82) is 0 Å². The van der Waals surface area contributed by atoms with Crippen LogP contribution in [0.25, 0.3) is 0 Å². The van der Waals surface area contributed by atoms with E-state index in [1.807, 2.05) is 6.07 Å². The van der Waals surface area contributed by atoms with Crippen LogP contribution in [0.4, 0.5) is 5.69 Å². The fourth-order valence-electron chi connectivity index (χ4n) is 3.78. The number of rotatable bonds is 4. The first-order chi connectivity index (χ1) is 13.9. The first kappa shape index (κ1) is 20.3. The summed E-state index contributed by atoms with van der Waals surface area (Å²) in [5, 5.41) is 5.89. The van der Waals surface area contributed by atoms with Gasteiger partial charge in [0, 0.05) is 31.8 Å². The van der Waals surface area contributed by atoms with Gasteiger partial charge in [0.2, 0.25) is 0 Å². The third-order valence-corrected chi connectivity index (χ3v) is 6.83. The molecule has 0 bridgehead atoms. The molecular formula is C21H24ClN3O3S. The van der Waals surface area contributed by atoms with Crippen LogP contribution >= 0.6 is 22.9 Å². The maximum atomic E-state index is 13.2. The van der Waals surface area contributed by atoms with Gasteiger partial charge in [0.15, 0.2) is 0 Å². The first-order valence-corrected chi connectivity index (χ1v) is 10.9. The highest BCUT2D eigenvalue weighted by Crippen LogP contribution is 2.26. The lowest BCUT2D eigenvalue weighted by molar-refractivity contribution is -0.122. The smallest absolute Gasteiger partial charge is 0.262 e. The molecule has 2 aliphatic rings. The molecule has 2 aromatic rings. The van der Waals surface area contributed by atoms with E-state index in [0.717, 1.165) is 31.6 Å². The van der Waals surface area contributed by atoms with Crippen LogP contribution in [-0.4, -0.2) is 55.6 Å². The number of carbonyl (C=O) groups is 2. The van der Waals surface area contributed by atoms with Gasteiger partial charge in [-0.15, -0.1) is 11.3 Å². The molecule has 2 N–H and O–H groups in total. The van der Waals surface area contributed by atoms with E-state index in [9.17, 15) is 9.59 Å². The normalized spacial score (nSPS) is 22.0. The molecule has 1 aromatic carbocycles. The molecular weight excluding hydrogens is 410 g/mol. The van der Waals surface area contributed by atoms with Gasteiger partial charge in [0.25, 0.3) is 11.8 Å². The van der Waals surface area contributed by atoms with Crippen molar-refractivity contribution in [3.8, 4) is 0 Å². The van der Waals surface area contributed by atoms with Gasteiger partial charge in [-0.25, -0.2) is 0 Å². The lowest BCUT2D eigenvalue weighted by Crippen LogP contribution is -2.57. The van der Waals surface area contributed by atoms with Crippen molar-refractivity contribution in [3.63, 3.8) is 0 Å². The standard InChI is InChI=1S/C21H24ClN3O3S/c1-25-9-6-14-2-3-16(12-15(14)7-10-25)23-20(27)21(8-11-28-13-21)24-19(26)17-4-5-18(22)29-17/h2-5,12H,6-11,13H2,1H3,(H,23,27)(H,24,26). The monoisotopic (exact) mass is 433 g/mol. The largest absolute Gasteiger partial charge is 0.378 e. The number of ether oxygens (including phenoxy) is 1. The molecule has 1 atom stereocenters. The zero-order valence-electron chi connectivity index (χ0n) is 16.3. The number of carbonyl (C=O) groups excluding carboxylic acids is 2. The van der Waals surface area contributed by atoms with Crippen LogP contribution in [0.2, 0.25) is 4.34 Å². The quantitative estimate of drug-likeness (QED) is 0.777. The number of thiophene rings is 1. The fraction of sp³-hybridized carbons (Fsp3) is 0.429. The Hall–Kier alpha value is -1.93. The molecule has 2 aliphatic heterocycles. The minimum atomic E-state index is -1.08. The Morgan fingerprint density at radius 3 is 2.66 bits per heavy atom. The second-order valence-electron chi connectivity index (χ2n) is 7.68. The van der Waals surface area contributed by atoms with E-state index in [0.29, 0.717) is 22.2 Å². The van der Waals surface area contributed by atoms with E-state index >= 15 is 0 Å². The average molecular weight is 434 g/mol. The third kappa shape index (κ3) is 4.48. The van der Waals surface area contributed by atoms with Crippen LogP contribution < -0.4 is 10.6 Å². The molecule has 0 spiro atoms. The zero-order chi connectivity index (χ0) is 20.4. The predicted octanol–water partition coefficient (Wildman–Crippen LogP) is 2.96. The van der Waals surface area contributed by atoms with E-state index in [-0.39, 0.29) is 18.4 Å². The summed E-state index contributed by atoms with van der Waals surface area (Å²) in [6.07, 6.45) is 2.40. The molecule has 8 heteroatoms. The first-order valence-electron chi connectivity index (χ1n) is 9.73. The van der Waals surface area contributed by atoms with E-state index in [2.05, 4.69) is 34.7 Å². The Morgan fingerprint density at radius 2 is 1.97 bits per heavy atom. The van der Waals surface area contributed by atoms with Crippen LogP contribution in [0.5, 0.6) is 0 Å². The molecule has 1 unspecified atom stereocenters. The van der Waals surface area contributed by atoms with Crippen molar-refractivity contribution in [1.82, 2.24) is 10.2 Å². The second-order valence-corrected chi connectivity index (χ2v) is 9.40. The lowest BCUT2D eigenvalue weighted by atomic mass is 9.96. The number of anilines is 1. The van der Waals surface area contributed by atoms with Crippen molar-refractivity contribution in [3.05, 3.63) is 50.7 Å². The van der Waals surface area contributed by atoms with Gasteiger partial charge in [-0.1, -0.05) is 17.7 Å². The number of nitrogens with zero attached hydrogens (tertiary/aromatic N) is 1. The molecule has 1 fully saturated rings. The summed E-state index contributed by atoms with van der Waals surface area (Å²) in [6, 6.07) is 9.41. The molecule has 4 rings (SSSR count). The van der Waals surface area contributed by atoms with Crippen LogP contribution in [0, 0.1) is 0 Å². The summed E-state index contributed by atoms with van der Waals surface area (Å²) in [4.78, 5) is 28.6. The summed E-state index contributed by atoms with van der Waals surface area (Å²) < 4.78 is 6.01. The van der Waals surface area contributed by atoms with Crippen LogP contribution in [0.15, 0.2) is 30.3 Å². The van der Waals surface area contributed by atoms with Crippen molar-refractivity contribution in [2.75, 3.05) is 38.7 Å². The van der Waals surface area contributed by atoms with E-state index in [1.54, 1.807) is 12.1 Å². The molecule has 3 heterocycles. The van der Waals surface area contributed by atoms with E-state index in [4.69, 9.17) is 16.3 Å². The highest BCUT2D eigenvalue weighted by molar-refractivity contribution is 7.18. The summed E-state index contributed by atoms with van der Waals surface area (Å²) in [5.74, 6) is -0.566. The Kier molecular flexibility index (Phi) is 5.92. The van der Waals surface area contributed by atoms with Gasteiger partial charge < -0.3 is 20.3 Å². The molecule has 0 aliphatic carbocycles. The molecule has 0 radical (unpaired) electrons. The van der Waals surface area contributed by atoms with Gasteiger partial charge in [-0.2, -0.15) is 0 Å². The third-order valence-electron chi connectivity index (χ3n) is 5.60. The van der Waals surface area contributed by atoms with Crippen LogP contribution in [0.1, 0.15) is 27.2 Å². The number of hydrogen-bond donors (Lipinski definition) is 2. The highest BCUT2D eigenvalue weighted by atomic mass is 35.5. The summed E-state index contributed by atoms with van der Waals surface area (Å²) in [7, 11) is 2.13. The molecule has 1 aromatic heterocycles. The Labute approximate surface area is 179 Å². The number of benzene rings is 1. The van der Waals surface area contributed by atoms with Gasteiger partial charge in [-0.3, -0.25) is 9.59 Å². The summed E-state index contributed by atoms with van der Waals surface area (Å²) in [6.45, 7) is 2.62. The van der Waals surface area contributed by atoms with Gasteiger partial charge >= 0.3 is 0 Å². The van der Waals surface area contributed by atoms with Crippen LogP contribution in [-0.2, 0) is 22.4 Å². The highest BCUT2D eigenvalue weighted by Gasteiger charge is 2.44. The number of fused-ring (bicyclic) bond motifs is 1. The molecule has 2 amide bonds. The van der Waals surface area contributed by atoms with Crippen molar-refractivity contribution >= 4 is 40.4 Å². The maximum Gasteiger partial charge on any atom is 0.262 e. The number of amides is 2. The van der Waals surface area contributed by atoms with Crippen molar-refractivity contribution in [2.24, 2.45) is 0 Å². The summed E-state index contributed by atoms with van der Waals surface area (Å²) in [5.41, 5.74) is 2.26. The van der Waals surface area contributed by atoms with Gasteiger partial charge in [-0.05, 0) is 55.3 Å². The van der Waals surface area contributed by atoms with Gasteiger partial charge in [0.1, 0.15) is 5.54 Å². The van der Waals surface area contributed by atoms with Crippen molar-refractivity contribution < 1.29 is 14.3 Å². The van der Waals surface area contributed by atoms with Crippen molar-refractivity contribution in [2.45, 2.75) is 24.8 Å². The number of halogens is 1. The second kappa shape index (κ2) is 8.44. The Morgan fingerprint density at radius 1 is 1.17 bits per heavy atom. The number of likely N-dealkylation sites (N-methyl/N-ethyl adjacent to an activating group) is 1. The molecule has 1 saturated heterocycles. The van der Waals surface area contributed by atoms with Gasteiger partial charge in [0.05, 0.1) is 15.8 Å². The topological polar surface area (TPSA) is 70.7 Å². The zero-order valence-corrected chi connectivity index (χ0v) is 17.9. The molecule has 0 saturated carbocycles.